The van der Waals surface area contributed by atoms with Gasteiger partial charge in [0.15, 0.2) is 0 Å². The minimum atomic E-state index is 0.0926. The predicted molar refractivity (Wildman–Crippen MR) is 80.0 cm³/mol. The van der Waals surface area contributed by atoms with Gasteiger partial charge in [-0.1, -0.05) is 11.8 Å². The molecular weight excluding hydrogens is 266 g/mol. The second kappa shape index (κ2) is 7.46. The summed E-state index contributed by atoms with van der Waals surface area (Å²) in [5, 5.41) is 13.0. The van der Waals surface area contributed by atoms with Gasteiger partial charge < -0.3 is 9.84 Å². The van der Waals surface area contributed by atoms with E-state index in [0.29, 0.717) is 19.6 Å². The molecule has 0 unspecified atom stereocenters. The maximum absolute atomic E-state index is 8.67. The van der Waals surface area contributed by atoms with Gasteiger partial charge in [-0.15, -0.1) is 0 Å². The number of nitrogens with zero attached hydrogens (tertiary/aromatic N) is 3. The molecule has 110 valence electrons. The van der Waals surface area contributed by atoms with Crippen LogP contribution in [0.25, 0.3) is 0 Å². The Morgan fingerprint density at radius 1 is 1.24 bits per heavy atom. The second-order valence-electron chi connectivity index (χ2n) is 4.58. The number of rotatable bonds is 5. The molecule has 5 nitrogen and oxygen atoms in total. The zero-order valence-corrected chi connectivity index (χ0v) is 12.3. The van der Waals surface area contributed by atoms with E-state index in [0.717, 1.165) is 23.0 Å². The summed E-state index contributed by atoms with van der Waals surface area (Å²) in [6.07, 6.45) is 0.495. The molecule has 0 amide bonds. The fourth-order valence-electron chi connectivity index (χ4n) is 1.88. The van der Waals surface area contributed by atoms with E-state index in [1.807, 2.05) is 42.8 Å². The largest absolute Gasteiger partial charge is 0.492 e. The van der Waals surface area contributed by atoms with Gasteiger partial charge in [-0.05, 0) is 38.1 Å². The van der Waals surface area contributed by atoms with E-state index in [1.165, 1.54) is 0 Å². The van der Waals surface area contributed by atoms with Crippen molar-refractivity contribution in [2.75, 3.05) is 13.2 Å². The van der Waals surface area contributed by atoms with E-state index in [4.69, 9.17) is 9.84 Å². The maximum atomic E-state index is 8.67. The number of ether oxygens (including phenoxy) is 1. The molecular formula is C16H19N3O2. The third kappa shape index (κ3) is 4.62. The van der Waals surface area contributed by atoms with Crippen LogP contribution < -0.4 is 4.74 Å². The second-order valence-corrected chi connectivity index (χ2v) is 4.58. The lowest BCUT2D eigenvalue weighted by Crippen LogP contribution is -2.11. The lowest BCUT2D eigenvalue weighted by molar-refractivity contribution is 0.289. The number of aliphatic hydroxyl groups is 1. The summed E-state index contributed by atoms with van der Waals surface area (Å²) >= 11 is 0. The van der Waals surface area contributed by atoms with Gasteiger partial charge in [0.2, 0.25) is 0 Å². The first-order chi connectivity index (χ1) is 10.2. The minimum Gasteiger partial charge on any atom is -0.492 e. The Morgan fingerprint density at radius 3 is 2.62 bits per heavy atom. The molecule has 0 fully saturated rings. The van der Waals surface area contributed by atoms with Crippen LogP contribution in [0.2, 0.25) is 0 Å². The number of hydrogen-bond donors (Lipinski definition) is 1. The van der Waals surface area contributed by atoms with Gasteiger partial charge >= 0.3 is 0 Å². The topological polar surface area (TPSA) is 60.2 Å². The van der Waals surface area contributed by atoms with Crippen molar-refractivity contribution in [1.29, 1.82) is 0 Å². The van der Waals surface area contributed by atoms with E-state index in [9.17, 15) is 0 Å². The van der Waals surface area contributed by atoms with Crippen molar-refractivity contribution in [3.63, 3.8) is 0 Å². The van der Waals surface area contributed by atoms with Gasteiger partial charge in [-0.25, -0.2) is 9.67 Å². The number of aryl methyl sites for hydroxylation is 2. The summed E-state index contributed by atoms with van der Waals surface area (Å²) in [4.78, 5) is 4.25. The molecule has 0 bridgehead atoms. The van der Waals surface area contributed by atoms with E-state index >= 15 is 0 Å². The summed E-state index contributed by atoms with van der Waals surface area (Å²) in [5.74, 6) is 8.33. The molecule has 0 spiro atoms. The SMILES string of the molecule is Cc1nc(C)n(CCOc2ccc(C#CCCO)cc2)n1. The first kappa shape index (κ1) is 15.1. The van der Waals surface area contributed by atoms with E-state index in [2.05, 4.69) is 21.9 Å². The van der Waals surface area contributed by atoms with Crippen molar-refractivity contribution in [3.05, 3.63) is 41.5 Å². The molecule has 2 aromatic rings. The molecule has 1 N–H and O–H groups in total. The number of aromatic nitrogens is 3. The Morgan fingerprint density at radius 2 is 2.00 bits per heavy atom. The molecule has 0 radical (unpaired) electrons. The van der Waals surface area contributed by atoms with Crippen molar-refractivity contribution in [2.24, 2.45) is 0 Å². The third-order valence-electron chi connectivity index (χ3n) is 2.86. The molecule has 2 rings (SSSR count). The van der Waals surface area contributed by atoms with Crippen molar-refractivity contribution >= 4 is 0 Å². The van der Waals surface area contributed by atoms with Gasteiger partial charge in [0.1, 0.15) is 24.0 Å². The van der Waals surface area contributed by atoms with Crippen LogP contribution in [0.3, 0.4) is 0 Å². The van der Waals surface area contributed by atoms with Crippen molar-refractivity contribution in [3.8, 4) is 17.6 Å². The first-order valence-electron chi connectivity index (χ1n) is 6.89. The van der Waals surface area contributed by atoms with Crippen molar-refractivity contribution < 1.29 is 9.84 Å². The van der Waals surface area contributed by atoms with Crippen LogP contribution in [0, 0.1) is 25.7 Å². The van der Waals surface area contributed by atoms with E-state index in [1.54, 1.807) is 0 Å². The summed E-state index contributed by atoms with van der Waals surface area (Å²) in [6.45, 7) is 5.11. The molecule has 0 saturated carbocycles. The summed E-state index contributed by atoms with van der Waals surface area (Å²) in [5.41, 5.74) is 0.915. The van der Waals surface area contributed by atoms with Crippen LogP contribution in [-0.4, -0.2) is 33.1 Å². The zero-order valence-electron chi connectivity index (χ0n) is 12.3. The highest BCUT2D eigenvalue weighted by molar-refractivity contribution is 5.38. The first-order valence-corrected chi connectivity index (χ1v) is 6.89. The van der Waals surface area contributed by atoms with Crippen LogP contribution in [-0.2, 0) is 6.54 Å². The van der Waals surface area contributed by atoms with Gasteiger partial charge in [-0.3, -0.25) is 0 Å². The molecule has 1 aromatic carbocycles. The number of benzene rings is 1. The molecule has 5 heteroatoms. The van der Waals surface area contributed by atoms with Crippen LogP contribution in [0.15, 0.2) is 24.3 Å². The minimum absolute atomic E-state index is 0.0926. The average Bonchev–Trinajstić information content (AvgIpc) is 2.79. The standard InChI is InChI=1S/C16H19N3O2/c1-13-17-14(2)19(18-13)10-12-21-16-8-6-15(7-9-16)5-3-4-11-20/h6-9,20H,4,10-12H2,1-2H3. The lowest BCUT2D eigenvalue weighted by atomic mass is 10.2. The fraction of sp³-hybridized carbons (Fsp3) is 0.375. The van der Waals surface area contributed by atoms with E-state index in [-0.39, 0.29) is 6.61 Å². The molecule has 0 aliphatic rings. The van der Waals surface area contributed by atoms with E-state index < -0.39 is 0 Å². The van der Waals surface area contributed by atoms with Crippen LogP contribution in [0.4, 0.5) is 0 Å². The van der Waals surface area contributed by atoms with Gasteiger partial charge in [0, 0.05) is 12.0 Å². The fourth-order valence-corrected chi connectivity index (χ4v) is 1.88. The van der Waals surface area contributed by atoms with Crippen molar-refractivity contribution in [2.45, 2.75) is 26.8 Å². The Bertz CT molecular complexity index is 636. The molecule has 1 aromatic heterocycles. The molecule has 1 heterocycles. The Labute approximate surface area is 124 Å². The Hall–Kier alpha value is -2.32. The maximum Gasteiger partial charge on any atom is 0.147 e. The quantitative estimate of drug-likeness (QED) is 0.850. The molecule has 0 saturated heterocycles. The normalized spacial score (nSPS) is 10.0. The molecule has 0 aliphatic carbocycles. The highest BCUT2D eigenvalue weighted by Gasteiger charge is 2.02. The molecule has 0 atom stereocenters. The average molecular weight is 285 g/mol. The molecule has 21 heavy (non-hydrogen) atoms. The van der Waals surface area contributed by atoms with Crippen molar-refractivity contribution in [1.82, 2.24) is 14.8 Å². The monoisotopic (exact) mass is 285 g/mol. The summed E-state index contributed by atoms with van der Waals surface area (Å²) in [6, 6.07) is 7.60. The van der Waals surface area contributed by atoms with Crippen LogP contribution >= 0.6 is 0 Å². The van der Waals surface area contributed by atoms with Gasteiger partial charge in [0.25, 0.3) is 0 Å². The highest BCUT2D eigenvalue weighted by Crippen LogP contribution is 2.11. The van der Waals surface area contributed by atoms with Gasteiger partial charge in [0.05, 0.1) is 13.2 Å². The summed E-state index contributed by atoms with van der Waals surface area (Å²) in [7, 11) is 0. The highest BCUT2D eigenvalue weighted by atomic mass is 16.5. The smallest absolute Gasteiger partial charge is 0.147 e. The number of hydrogen-bond acceptors (Lipinski definition) is 4. The summed E-state index contributed by atoms with van der Waals surface area (Å²) < 4.78 is 7.52. The third-order valence-corrected chi connectivity index (χ3v) is 2.86. The lowest BCUT2D eigenvalue weighted by Gasteiger charge is -2.07. The number of aliphatic hydroxyl groups excluding tert-OH is 1. The van der Waals surface area contributed by atoms with Gasteiger partial charge in [-0.2, -0.15) is 5.10 Å². The zero-order chi connectivity index (χ0) is 15.1. The van der Waals surface area contributed by atoms with Crippen LogP contribution in [0.1, 0.15) is 23.6 Å². The Kier molecular flexibility index (Phi) is 5.35. The molecule has 0 aliphatic heterocycles. The van der Waals surface area contributed by atoms with Crippen LogP contribution in [0.5, 0.6) is 5.75 Å². The Balaban J connectivity index is 1.84. The predicted octanol–water partition coefficient (Wildman–Crippen LogP) is 1.71.